The molecule has 8 heteroatoms. The number of carbonyl (C=O) groups excluding carboxylic acids is 2. The lowest BCUT2D eigenvalue weighted by Crippen LogP contribution is -2.53. The van der Waals surface area contributed by atoms with Gasteiger partial charge >= 0.3 is 12.0 Å². The Labute approximate surface area is 202 Å². The molecule has 1 saturated carbocycles. The summed E-state index contributed by atoms with van der Waals surface area (Å²) in [6, 6.07) is 7.35. The van der Waals surface area contributed by atoms with Gasteiger partial charge in [0.2, 0.25) is 0 Å². The Hall–Kier alpha value is -2.58. The molecule has 0 radical (unpaired) electrons. The van der Waals surface area contributed by atoms with E-state index >= 15 is 0 Å². The van der Waals surface area contributed by atoms with Gasteiger partial charge in [-0.1, -0.05) is 31.4 Å². The second-order valence-corrected chi connectivity index (χ2v) is 9.25. The number of nitrogens with zero attached hydrogens (tertiary/aromatic N) is 2. The first-order valence-electron chi connectivity index (χ1n) is 12.8. The first-order valence-corrected chi connectivity index (χ1v) is 12.8. The van der Waals surface area contributed by atoms with Crippen molar-refractivity contribution in [1.82, 2.24) is 20.4 Å². The molecule has 1 atom stereocenters. The fourth-order valence-electron chi connectivity index (χ4n) is 5.32. The van der Waals surface area contributed by atoms with Gasteiger partial charge in [-0.25, -0.2) is 9.59 Å². The molecule has 2 heterocycles. The van der Waals surface area contributed by atoms with Crippen LogP contribution in [0.3, 0.4) is 0 Å². The minimum Gasteiger partial charge on any atom is -0.494 e. The highest BCUT2D eigenvalue weighted by molar-refractivity contribution is 5.95. The Morgan fingerprint density at radius 2 is 1.71 bits per heavy atom. The molecule has 3 aliphatic rings. The highest BCUT2D eigenvalue weighted by Gasteiger charge is 2.35. The van der Waals surface area contributed by atoms with Crippen LogP contribution in [0.5, 0.6) is 5.75 Å². The molecule has 2 N–H and O–H groups in total. The summed E-state index contributed by atoms with van der Waals surface area (Å²) < 4.78 is 10.9. The second-order valence-electron chi connectivity index (χ2n) is 9.25. The third kappa shape index (κ3) is 5.91. The van der Waals surface area contributed by atoms with Crippen molar-refractivity contribution >= 4 is 12.0 Å². The summed E-state index contributed by atoms with van der Waals surface area (Å²) in [5.74, 6) is 0.356. The van der Waals surface area contributed by atoms with Gasteiger partial charge in [0.1, 0.15) is 5.75 Å². The lowest BCUT2D eigenvalue weighted by Gasteiger charge is -2.41. The highest BCUT2D eigenvalue weighted by Crippen LogP contribution is 2.30. The first-order chi connectivity index (χ1) is 16.6. The molecule has 2 aliphatic heterocycles. The number of esters is 1. The quantitative estimate of drug-likeness (QED) is 0.568. The average molecular weight is 471 g/mol. The molecule has 34 heavy (non-hydrogen) atoms. The number of rotatable bonds is 8. The molecule has 2 amide bonds. The second kappa shape index (κ2) is 11.7. The maximum absolute atomic E-state index is 13.0. The normalized spacial score (nSPS) is 22.8. The number of carbonyl (C=O) groups is 2. The number of hydrogen-bond acceptors (Lipinski definition) is 6. The van der Waals surface area contributed by atoms with E-state index in [0.717, 1.165) is 37.5 Å². The molecule has 2 fully saturated rings. The van der Waals surface area contributed by atoms with Crippen LogP contribution < -0.4 is 15.4 Å². The molecule has 1 aromatic rings. The zero-order valence-electron chi connectivity index (χ0n) is 20.5. The smallest absolute Gasteiger partial charge is 0.338 e. The lowest BCUT2D eigenvalue weighted by molar-refractivity contribution is -0.139. The number of nitrogens with one attached hydrogen (secondary N) is 2. The SMILES string of the molecule is CCOC(=O)C1=C(CN2CCN(C3CCCCC3)CC2)NC(=O)N[C@@H]1c1ccc(OCC)cc1. The zero-order valence-corrected chi connectivity index (χ0v) is 20.5. The van der Waals surface area contributed by atoms with E-state index in [1.807, 2.05) is 31.2 Å². The molecule has 8 nitrogen and oxygen atoms in total. The van der Waals surface area contributed by atoms with Gasteiger partial charge in [-0.05, 0) is 44.4 Å². The highest BCUT2D eigenvalue weighted by atomic mass is 16.5. The standard InChI is InChI=1S/C26H38N4O4/c1-3-33-21-12-10-19(11-13-21)24-23(25(31)34-4-2)22(27-26(32)28-24)18-29-14-16-30(17-15-29)20-8-6-5-7-9-20/h10-13,20,24H,3-9,14-18H2,1-2H3,(H2,27,28,32)/t24-/m1/s1. The van der Waals surface area contributed by atoms with Gasteiger partial charge < -0.3 is 20.1 Å². The van der Waals surface area contributed by atoms with Crippen LogP contribution in [-0.4, -0.2) is 73.8 Å². The number of amides is 2. The Balaban J connectivity index is 1.51. The number of piperazine rings is 1. The van der Waals surface area contributed by atoms with Crippen molar-refractivity contribution in [3.05, 3.63) is 41.1 Å². The summed E-state index contributed by atoms with van der Waals surface area (Å²) in [6.45, 7) is 9.01. The maximum atomic E-state index is 13.0. The zero-order chi connectivity index (χ0) is 23.9. The molecule has 0 aromatic heterocycles. The fraction of sp³-hybridized carbons (Fsp3) is 0.615. The van der Waals surface area contributed by atoms with Gasteiger partial charge in [0.05, 0.1) is 24.8 Å². The van der Waals surface area contributed by atoms with Crippen molar-refractivity contribution in [2.24, 2.45) is 0 Å². The lowest BCUT2D eigenvalue weighted by atomic mass is 9.93. The molecular weight excluding hydrogens is 432 g/mol. The molecule has 4 rings (SSSR count). The molecule has 0 unspecified atom stereocenters. The number of benzene rings is 1. The van der Waals surface area contributed by atoms with Crippen LogP contribution in [-0.2, 0) is 9.53 Å². The van der Waals surface area contributed by atoms with E-state index < -0.39 is 12.0 Å². The van der Waals surface area contributed by atoms with Crippen molar-refractivity contribution in [2.75, 3.05) is 45.9 Å². The van der Waals surface area contributed by atoms with E-state index in [9.17, 15) is 9.59 Å². The number of hydrogen-bond donors (Lipinski definition) is 2. The largest absolute Gasteiger partial charge is 0.494 e. The molecule has 0 spiro atoms. The molecule has 1 aromatic carbocycles. The Morgan fingerprint density at radius 1 is 1.00 bits per heavy atom. The van der Waals surface area contributed by atoms with E-state index in [4.69, 9.17) is 9.47 Å². The number of ether oxygens (including phenoxy) is 2. The van der Waals surface area contributed by atoms with Crippen LogP contribution in [0, 0.1) is 0 Å². The Morgan fingerprint density at radius 3 is 2.35 bits per heavy atom. The Bertz CT molecular complexity index is 871. The van der Waals surface area contributed by atoms with Crippen LogP contribution in [0.2, 0.25) is 0 Å². The van der Waals surface area contributed by atoms with Gasteiger partial charge in [-0.3, -0.25) is 9.80 Å². The minimum absolute atomic E-state index is 0.277. The summed E-state index contributed by atoms with van der Waals surface area (Å²) in [5.41, 5.74) is 1.92. The van der Waals surface area contributed by atoms with Crippen LogP contribution in [0.15, 0.2) is 35.5 Å². The van der Waals surface area contributed by atoms with Gasteiger partial charge in [0.25, 0.3) is 0 Å². The van der Waals surface area contributed by atoms with Gasteiger partial charge in [0, 0.05) is 44.5 Å². The molecule has 1 saturated heterocycles. The summed E-state index contributed by atoms with van der Waals surface area (Å²) in [5, 5.41) is 5.82. The van der Waals surface area contributed by atoms with Crippen molar-refractivity contribution in [3.8, 4) is 5.75 Å². The van der Waals surface area contributed by atoms with Crippen LogP contribution in [0.1, 0.15) is 57.6 Å². The Kier molecular flexibility index (Phi) is 8.45. The van der Waals surface area contributed by atoms with E-state index in [-0.39, 0.29) is 12.6 Å². The predicted octanol–water partition coefficient (Wildman–Crippen LogP) is 3.21. The third-order valence-electron chi connectivity index (χ3n) is 7.05. The molecule has 1 aliphatic carbocycles. The monoisotopic (exact) mass is 470 g/mol. The summed E-state index contributed by atoms with van der Waals surface area (Å²) >= 11 is 0. The number of urea groups is 1. The van der Waals surface area contributed by atoms with Gasteiger partial charge in [0.15, 0.2) is 0 Å². The van der Waals surface area contributed by atoms with Crippen molar-refractivity contribution in [3.63, 3.8) is 0 Å². The predicted molar refractivity (Wildman–Crippen MR) is 131 cm³/mol. The van der Waals surface area contributed by atoms with Gasteiger partial charge in [-0.2, -0.15) is 0 Å². The van der Waals surface area contributed by atoms with Crippen LogP contribution in [0.4, 0.5) is 4.79 Å². The summed E-state index contributed by atoms with van der Waals surface area (Å²) in [4.78, 5) is 30.6. The van der Waals surface area contributed by atoms with E-state index in [2.05, 4.69) is 20.4 Å². The van der Waals surface area contributed by atoms with E-state index in [0.29, 0.717) is 30.5 Å². The van der Waals surface area contributed by atoms with E-state index in [1.165, 1.54) is 32.1 Å². The summed E-state index contributed by atoms with van der Waals surface area (Å²) in [7, 11) is 0. The molecular formula is C26H38N4O4. The summed E-state index contributed by atoms with van der Waals surface area (Å²) in [6.07, 6.45) is 6.66. The van der Waals surface area contributed by atoms with Crippen LogP contribution in [0.25, 0.3) is 0 Å². The topological polar surface area (TPSA) is 83.1 Å². The third-order valence-corrected chi connectivity index (χ3v) is 7.05. The molecule has 186 valence electrons. The van der Waals surface area contributed by atoms with Crippen molar-refractivity contribution < 1.29 is 19.1 Å². The fourth-order valence-corrected chi connectivity index (χ4v) is 5.32. The van der Waals surface area contributed by atoms with E-state index in [1.54, 1.807) is 6.92 Å². The minimum atomic E-state index is -0.568. The van der Waals surface area contributed by atoms with Crippen molar-refractivity contribution in [2.45, 2.75) is 58.0 Å². The van der Waals surface area contributed by atoms with Crippen LogP contribution >= 0.6 is 0 Å². The van der Waals surface area contributed by atoms with Gasteiger partial charge in [-0.15, -0.1) is 0 Å². The van der Waals surface area contributed by atoms with Crippen molar-refractivity contribution in [1.29, 1.82) is 0 Å². The molecule has 0 bridgehead atoms. The maximum Gasteiger partial charge on any atom is 0.338 e. The average Bonchev–Trinajstić information content (AvgIpc) is 2.85. The first kappa shape index (κ1) is 24.5.